The van der Waals surface area contributed by atoms with Gasteiger partial charge >= 0.3 is 0 Å². The number of benzene rings is 1. The minimum atomic E-state index is -1.08. The van der Waals surface area contributed by atoms with Crippen molar-refractivity contribution in [2.45, 2.75) is 58.5 Å². The van der Waals surface area contributed by atoms with Crippen molar-refractivity contribution in [3.63, 3.8) is 0 Å². The summed E-state index contributed by atoms with van der Waals surface area (Å²) in [5.41, 5.74) is 0.234. The molecule has 0 spiro atoms. The third-order valence-electron chi connectivity index (χ3n) is 5.35. The van der Waals surface area contributed by atoms with Crippen molar-refractivity contribution >= 4 is 0 Å². The lowest BCUT2D eigenvalue weighted by Crippen LogP contribution is -2.45. The van der Waals surface area contributed by atoms with E-state index in [0.29, 0.717) is 5.92 Å². The van der Waals surface area contributed by atoms with E-state index in [1.807, 2.05) is 38.1 Å². The summed E-state index contributed by atoms with van der Waals surface area (Å²) in [4.78, 5) is 0. The maximum Gasteiger partial charge on any atom is 0.106 e. The number of nitrogens with zero attached hydrogens (tertiary/aromatic N) is 1. The second kappa shape index (κ2) is 5.58. The Morgan fingerprint density at radius 3 is 2.45 bits per heavy atom. The van der Waals surface area contributed by atoms with E-state index in [-0.39, 0.29) is 0 Å². The molecular weight excluding hydrogens is 246 g/mol. The number of rotatable bonds is 3. The fourth-order valence-electron chi connectivity index (χ4n) is 3.66. The van der Waals surface area contributed by atoms with Gasteiger partial charge in [0, 0.05) is 0 Å². The van der Waals surface area contributed by atoms with E-state index in [1.165, 1.54) is 6.42 Å². The molecule has 0 bridgehead atoms. The third-order valence-corrected chi connectivity index (χ3v) is 5.35. The minimum absolute atomic E-state index is 0.648. The summed E-state index contributed by atoms with van der Waals surface area (Å²) in [5, 5.41) is 21.0. The monoisotopic (exact) mass is 271 g/mol. The van der Waals surface area contributed by atoms with Gasteiger partial charge in [0.2, 0.25) is 0 Å². The second-order valence-corrected chi connectivity index (χ2v) is 6.43. The van der Waals surface area contributed by atoms with Crippen molar-refractivity contribution in [2.24, 2.45) is 11.3 Å². The lowest BCUT2D eigenvalue weighted by Gasteiger charge is -2.45. The quantitative estimate of drug-likeness (QED) is 0.890. The van der Waals surface area contributed by atoms with Gasteiger partial charge < -0.3 is 5.11 Å². The maximum atomic E-state index is 11.2. The fourth-order valence-corrected chi connectivity index (χ4v) is 3.66. The Kier molecular flexibility index (Phi) is 4.20. The molecule has 2 nitrogen and oxygen atoms in total. The van der Waals surface area contributed by atoms with E-state index < -0.39 is 11.0 Å². The van der Waals surface area contributed by atoms with Crippen LogP contribution in [0.15, 0.2) is 24.3 Å². The van der Waals surface area contributed by atoms with E-state index in [2.05, 4.69) is 13.0 Å². The molecule has 1 saturated carbocycles. The lowest BCUT2D eigenvalue weighted by molar-refractivity contribution is -0.0702. The topological polar surface area (TPSA) is 44.0 Å². The first-order valence-electron chi connectivity index (χ1n) is 7.66. The molecule has 0 amide bonds. The molecule has 1 aliphatic rings. The minimum Gasteiger partial charge on any atom is -0.384 e. The molecule has 0 radical (unpaired) electrons. The van der Waals surface area contributed by atoms with Crippen LogP contribution in [0.25, 0.3) is 0 Å². The highest BCUT2D eigenvalue weighted by molar-refractivity contribution is 5.35. The van der Waals surface area contributed by atoms with E-state index in [9.17, 15) is 10.4 Å². The zero-order valence-electron chi connectivity index (χ0n) is 12.8. The molecule has 2 heteroatoms. The van der Waals surface area contributed by atoms with Gasteiger partial charge in [0.1, 0.15) is 5.60 Å². The van der Waals surface area contributed by atoms with E-state index in [0.717, 1.165) is 36.8 Å². The van der Waals surface area contributed by atoms with Crippen LogP contribution < -0.4 is 0 Å². The van der Waals surface area contributed by atoms with Gasteiger partial charge in [-0.05, 0) is 56.6 Å². The number of hydrogen-bond acceptors (Lipinski definition) is 2. The Morgan fingerprint density at radius 2 is 1.95 bits per heavy atom. The number of hydrogen-bond donors (Lipinski definition) is 1. The average molecular weight is 271 g/mol. The van der Waals surface area contributed by atoms with Crippen LogP contribution in [0.2, 0.25) is 0 Å². The summed E-state index contributed by atoms with van der Waals surface area (Å²) < 4.78 is 0. The second-order valence-electron chi connectivity index (χ2n) is 6.43. The van der Waals surface area contributed by atoms with Crippen LogP contribution in [-0.2, 0) is 5.60 Å². The predicted molar refractivity (Wildman–Crippen MR) is 81.0 cm³/mol. The van der Waals surface area contributed by atoms with Crippen LogP contribution in [0.1, 0.15) is 57.1 Å². The van der Waals surface area contributed by atoms with Crippen LogP contribution in [0.4, 0.5) is 0 Å². The normalized spacial score (nSPS) is 29.4. The number of aliphatic hydroxyl groups is 1. The van der Waals surface area contributed by atoms with Gasteiger partial charge in [-0.3, -0.25) is 0 Å². The van der Waals surface area contributed by atoms with E-state index in [1.54, 1.807) is 0 Å². The Balaban J connectivity index is 2.36. The van der Waals surface area contributed by atoms with Gasteiger partial charge in [-0.15, -0.1) is 0 Å². The smallest absolute Gasteiger partial charge is 0.106 e. The van der Waals surface area contributed by atoms with Crippen molar-refractivity contribution in [1.29, 1.82) is 5.26 Å². The molecule has 1 aromatic rings. The molecule has 1 fully saturated rings. The fraction of sp³-hybridized carbons (Fsp3) is 0.611. The van der Waals surface area contributed by atoms with Crippen molar-refractivity contribution in [1.82, 2.24) is 0 Å². The molecule has 20 heavy (non-hydrogen) atoms. The van der Waals surface area contributed by atoms with Crippen LogP contribution >= 0.6 is 0 Å². The van der Waals surface area contributed by atoms with Gasteiger partial charge in [-0.25, -0.2) is 0 Å². The van der Waals surface area contributed by atoms with Crippen LogP contribution in [-0.4, -0.2) is 5.11 Å². The van der Waals surface area contributed by atoms with Crippen molar-refractivity contribution < 1.29 is 5.11 Å². The summed E-state index contributed by atoms with van der Waals surface area (Å²) in [6.07, 6.45) is 4.86. The summed E-state index contributed by atoms with van der Waals surface area (Å²) in [7, 11) is 0. The van der Waals surface area contributed by atoms with Crippen LogP contribution in [0, 0.1) is 29.6 Å². The zero-order valence-corrected chi connectivity index (χ0v) is 12.8. The molecule has 108 valence electrons. The Labute approximate surface area is 122 Å². The van der Waals surface area contributed by atoms with Crippen molar-refractivity contribution in [2.75, 3.05) is 0 Å². The largest absolute Gasteiger partial charge is 0.384 e. The van der Waals surface area contributed by atoms with Crippen LogP contribution in [0.5, 0.6) is 0 Å². The summed E-state index contributed by atoms with van der Waals surface area (Å²) in [6.45, 7) is 6.04. The van der Waals surface area contributed by atoms with Gasteiger partial charge in [-0.1, -0.05) is 37.6 Å². The Bertz CT molecular complexity index is 504. The highest BCUT2D eigenvalue weighted by Gasteiger charge is 2.50. The Hall–Kier alpha value is -1.33. The molecule has 1 atom stereocenters. The predicted octanol–water partition coefficient (Wildman–Crippen LogP) is 4.31. The molecule has 0 aromatic heterocycles. The SMILES string of the molecule is CCC1CCC(C#N)(C(C)(O)c2ccccc2C)CC1. The molecule has 0 saturated heterocycles. The highest BCUT2D eigenvalue weighted by atomic mass is 16.3. The first-order valence-corrected chi connectivity index (χ1v) is 7.66. The number of aryl methyl sites for hydroxylation is 1. The standard InChI is InChI=1S/C18H25NO/c1-4-15-9-11-18(13-19,12-10-15)17(3,20)16-8-6-5-7-14(16)2/h5-8,15,20H,4,9-12H2,1-3H3. The van der Waals surface area contributed by atoms with Gasteiger partial charge in [0.25, 0.3) is 0 Å². The average Bonchev–Trinajstić information content (AvgIpc) is 2.47. The maximum absolute atomic E-state index is 11.2. The highest BCUT2D eigenvalue weighted by Crippen LogP contribution is 2.51. The number of nitriles is 1. The van der Waals surface area contributed by atoms with Crippen molar-refractivity contribution in [3.8, 4) is 6.07 Å². The molecule has 1 N–H and O–H groups in total. The summed E-state index contributed by atoms with van der Waals surface area (Å²) >= 11 is 0. The first kappa shape index (κ1) is 15.1. The molecule has 0 aliphatic heterocycles. The van der Waals surface area contributed by atoms with Gasteiger partial charge in [-0.2, -0.15) is 5.26 Å². The third kappa shape index (κ3) is 2.36. The van der Waals surface area contributed by atoms with Crippen LogP contribution in [0.3, 0.4) is 0 Å². The van der Waals surface area contributed by atoms with Gasteiger partial charge in [0.05, 0.1) is 11.5 Å². The first-order chi connectivity index (χ1) is 9.47. The van der Waals surface area contributed by atoms with E-state index in [4.69, 9.17) is 0 Å². The molecule has 0 heterocycles. The molecule has 1 aliphatic carbocycles. The van der Waals surface area contributed by atoms with Crippen molar-refractivity contribution in [3.05, 3.63) is 35.4 Å². The molecule has 1 unspecified atom stereocenters. The van der Waals surface area contributed by atoms with E-state index >= 15 is 0 Å². The van der Waals surface area contributed by atoms with Gasteiger partial charge in [0.15, 0.2) is 0 Å². The zero-order chi connectivity index (χ0) is 14.8. The lowest BCUT2D eigenvalue weighted by atomic mass is 9.60. The molecular formula is C18H25NO. The Morgan fingerprint density at radius 1 is 1.35 bits per heavy atom. The molecule has 1 aromatic carbocycles. The summed E-state index contributed by atoms with van der Waals surface area (Å²) in [5.74, 6) is 0.712. The summed E-state index contributed by atoms with van der Waals surface area (Å²) in [6, 6.07) is 10.4. The molecule has 2 rings (SSSR count).